The Kier molecular flexibility index (Phi) is 5.55. The smallest absolute Gasteiger partial charge is 0.225 e. The van der Waals surface area contributed by atoms with Crippen LogP contribution in [0.5, 0.6) is 0 Å². The zero-order valence-electron chi connectivity index (χ0n) is 18.3. The summed E-state index contributed by atoms with van der Waals surface area (Å²) in [5, 5.41) is 17.4. The number of pyridine rings is 1. The van der Waals surface area contributed by atoms with E-state index in [1.165, 1.54) is 0 Å². The number of nitrogen functional groups attached to an aromatic ring is 1. The van der Waals surface area contributed by atoms with E-state index >= 15 is 0 Å². The topological polar surface area (TPSA) is 108 Å². The van der Waals surface area contributed by atoms with Gasteiger partial charge >= 0.3 is 0 Å². The van der Waals surface area contributed by atoms with Crippen LogP contribution in [0.4, 0.5) is 11.5 Å². The van der Waals surface area contributed by atoms with Crippen LogP contribution < -0.4 is 10.6 Å². The van der Waals surface area contributed by atoms with E-state index in [4.69, 9.17) is 10.7 Å². The molecule has 32 heavy (non-hydrogen) atoms. The van der Waals surface area contributed by atoms with Gasteiger partial charge in [-0.3, -0.25) is 4.79 Å². The van der Waals surface area contributed by atoms with Gasteiger partial charge in [-0.1, -0.05) is 6.58 Å². The summed E-state index contributed by atoms with van der Waals surface area (Å²) in [5.74, 6) is 1.84. The molecular formula is C24H30N6O2. The molecule has 1 amide bonds. The number of aromatic nitrogens is 3. The molecule has 2 aromatic heterocycles. The first-order chi connectivity index (χ1) is 15.6. The number of nitrogens with zero attached hydrogens (tertiary/aromatic N) is 5. The Balaban J connectivity index is 1.46. The monoisotopic (exact) mass is 434 g/mol. The first-order valence-electron chi connectivity index (χ1n) is 11.5. The molecule has 168 valence electrons. The molecule has 0 bridgehead atoms. The molecule has 0 aromatic carbocycles. The van der Waals surface area contributed by atoms with Crippen LogP contribution in [-0.2, 0) is 4.79 Å². The number of aliphatic hydroxyl groups is 1. The maximum absolute atomic E-state index is 12.5. The van der Waals surface area contributed by atoms with Gasteiger partial charge < -0.3 is 20.6 Å². The average Bonchev–Trinajstić information content (AvgIpc) is 3.72. The maximum Gasteiger partial charge on any atom is 0.225 e. The fourth-order valence-electron chi connectivity index (χ4n) is 4.75. The van der Waals surface area contributed by atoms with Crippen molar-refractivity contribution in [2.45, 2.75) is 44.1 Å². The Bertz CT molecular complexity index is 1030. The second-order valence-corrected chi connectivity index (χ2v) is 9.09. The average molecular weight is 435 g/mol. The predicted octanol–water partition coefficient (Wildman–Crippen LogP) is 2.45. The minimum absolute atomic E-state index is 0.0437. The first-order valence-corrected chi connectivity index (χ1v) is 11.5. The van der Waals surface area contributed by atoms with Gasteiger partial charge in [0.2, 0.25) is 5.91 Å². The molecule has 0 spiro atoms. The van der Waals surface area contributed by atoms with E-state index in [1.807, 2.05) is 17.0 Å². The summed E-state index contributed by atoms with van der Waals surface area (Å²) >= 11 is 0. The van der Waals surface area contributed by atoms with Gasteiger partial charge in [0.05, 0.1) is 35.9 Å². The standard InChI is InChI=1S/C24H30N6O2/c1-2-18-11-17(13-26-28-18)19-12-20(25)24(27-23(19)16-5-6-16)29-8-9-30(22(32)7-10-31)21(14-29)15-3-4-15/h2,11-13,15-16,21,31H,1,3-10,14,25H2/t21-/m0/s1. The largest absolute Gasteiger partial charge is 0.396 e. The summed E-state index contributed by atoms with van der Waals surface area (Å²) in [7, 11) is 0. The molecule has 3 heterocycles. The SMILES string of the molecule is C=Cc1cc(-c2cc(N)c(N3CCN(C(=O)CCO)[C@H](C4CC4)C3)nc2C2CC2)cnn1. The van der Waals surface area contributed by atoms with Crippen LogP contribution in [0.3, 0.4) is 0 Å². The van der Waals surface area contributed by atoms with E-state index in [9.17, 15) is 9.90 Å². The summed E-state index contributed by atoms with van der Waals surface area (Å²) in [6.45, 7) is 5.76. The van der Waals surface area contributed by atoms with Crippen molar-refractivity contribution >= 4 is 23.5 Å². The number of anilines is 2. The highest BCUT2D eigenvalue weighted by atomic mass is 16.3. The zero-order valence-corrected chi connectivity index (χ0v) is 18.3. The zero-order chi connectivity index (χ0) is 22.2. The first kappa shape index (κ1) is 20.9. The van der Waals surface area contributed by atoms with Crippen molar-refractivity contribution in [3.8, 4) is 11.1 Å². The fourth-order valence-corrected chi connectivity index (χ4v) is 4.75. The van der Waals surface area contributed by atoms with Gasteiger partial charge in [-0.05, 0) is 49.8 Å². The summed E-state index contributed by atoms with van der Waals surface area (Å²) in [4.78, 5) is 21.9. The van der Waals surface area contributed by atoms with Gasteiger partial charge in [-0.25, -0.2) is 4.98 Å². The Labute approximate surface area is 188 Å². The lowest BCUT2D eigenvalue weighted by atomic mass is 10.0. The molecule has 2 aromatic rings. The lowest BCUT2D eigenvalue weighted by Crippen LogP contribution is -2.56. The van der Waals surface area contributed by atoms with E-state index in [0.717, 1.165) is 60.6 Å². The van der Waals surface area contributed by atoms with Crippen LogP contribution in [0.25, 0.3) is 17.2 Å². The fraction of sp³-hybridized carbons (Fsp3) is 0.500. The summed E-state index contributed by atoms with van der Waals surface area (Å²) < 4.78 is 0. The lowest BCUT2D eigenvalue weighted by Gasteiger charge is -2.42. The molecule has 1 saturated heterocycles. The van der Waals surface area contributed by atoms with Crippen molar-refractivity contribution < 1.29 is 9.90 Å². The lowest BCUT2D eigenvalue weighted by molar-refractivity contribution is -0.135. The second-order valence-electron chi connectivity index (χ2n) is 9.09. The third-order valence-electron chi connectivity index (χ3n) is 6.75. The van der Waals surface area contributed by atoms with Crippen molar-refractivity contribution in [3.05, 3.63) is 36.3 Å². The number of amides is 1. The van der Waals surface area contributed by atoms with Gasteiger partial charge in [-0.15, -0.1) is 0 Å². The van der Waals surface area contributed by atoms with E-state index in [2.05, 4.69) is 21.7 Å². The second kappa shape index (κ2) is 8.50. The van der Waals surface area contributed by atoms with E-state index in [0.29, 0.717) is 30.6 Å². The Hall–Kier alpha value is -3.00. The molecule has 2 aliphatic carbocycles. The van der Waals surface area contributed by atoms with Crippen molar-refractivity contribution in [3.63, 3.8) is 0 Å². The number of hydrogen-bond donors (Lipinski definition) is 2. The van der Waals surface area contributed by atoms with E-state index < -0.39 is 0 Å². The molecule has 0 unspecified atom stereocenters. The highest BCUT2D eigenvalue weighted by Gasteiger charge is 2.41. The molecule has 8 nitrogen and oxygen atoms in total. The molecule has 3 aliphatic rings. The summed E-state index contributed by atoms with van der Waals surface area (Å²) in [6, 6.07) is 4.15. The number of piperazine rings is 1. The van der Waals surface area contributed by atoms with Crippen LogP contribution >= 0.6 is 0 Å². The van der Waals surface area contributed by atoms with Crippen LogP contribution in [0.2, 0.25) is 0 Å². The maximum atomic E-state index is 12.5. The Morgan fingerprint density at radius 1 is 1.25 bits per heavy atom. The van der Waals surface area contributed by atoms with Crippen molar-refractivity contribution in [2.75, 3.05) is 36.9 Å². The minimum Gasteiger partial charge on any atom is -0.396 e. The summed E-state index contributed by atoms with van der Waals surface area (Å²) in [5.41, 5.74) is 11.0. The molecule has 1 atom stereocenters. The predicted molar refractivity (Wildman–Crippen MR) is 124 cm³/mol. The van der Waals surface area contributed by atoms with Crippen LogP contribution in [0.15, 0.2) is 24.9 Å². The van der Waals surface area contributed by atoms with Gasteiger partial charge in [0.15, 0.2) is 5.82 Å². The number of rotatable bonds is 7. The molecule has 3 N–H and O–H groups in total. The molecule has 3 fully saturated rings. The third-order valence-corrected chi connectivity index (χ3v) is 6.75. The molecule has 5 rings (SSSR count). The van der Waals surface area contributed by atoms with Crippen molar-refractivity contribution in [2.24, 2.45) is 5.92 Å². The molecule has 2 saturated carbocycles. The Morgan fingerprint density at radius 2 is 2.06 bits per heavy atom. The molecular weight excluding hydrogens is 404 g/mol. The number of hydrogen-bond acceptors (Lipinski definition) is 7. The van der Waals surface area contributed by atoms with Crippen molar-refractivity contribution in [1.82, 2.24) is 20.1 Å². The van der Waals surface area contributed by atoms with Crippen LogP contribution in [0.1, 0.15) is 49.4 Å². The van der Waals surface area contributed by atoms with Crippen LogP contribution in [0, 0.1) is 5.92 Å². The number of aliphatic hydroxyl groups excluding tert-OH is 1. The van der Waals surface area contributed by atoms with Gasteiger partial charge in [0, 0.05) is 43.1 Å². The summed E-state index contributed by atoms with van der Waals surface area (Å²) in [6.07, 6.45) is 8.19. The molecule has 1 aliphatic heterocycles. The van der Waals surface area contributed by atoms with Gasteiger partial charge in [0.1, 0.15) is 0 Å². The molecule has 0 radical (unpaired) electrons. The quantitative estimate of drug-likeness (QED) is 0.689. The Morgan fingerprint density at radius 3 is 2.75 bits per heavy atom. The van der Waals surface area contributed by atoms with Crippen molar-refractivity contribution in [1.29, 1.82) is 0 Å². The normalized spacial score (nSPS) is 21.0. The number of carbonyl (C=O) groups is 1. The minimum atomic E-state index is -0.103. The van der Waals surface area contributed by atoms with Gasteiger partial charge in [-0.2, -0.15) is 10.2 Å². The van der Waals surface area contributed by atoms with Gasteiger partial charge in [0.25, 0.3) is 0 Å². The van der Waals surface area contributed by atoms with E-state index in [1.54, 1.807) is 12.3 Å². The third kappa shape index (κ3) is 4.07. The van der Waals surface area contributed by atoms with E-state index in [-0.39, 0.29) is 25.0 Å². The van der Waals surface area contributed by atoms with Crippen LogP contribution in [-0.4, -0.2) is 63.4 Å². The highest BCUT2D eigenvalue weighted by molar-refractivity contribution is 5.79. The number of carbonyl (C=O) groups excluding carboxylic acids is 1. The molecule has 8 heteroatoms. The number of nitrogens with two attached hydrogens (primary N) is 1. The highest BCUT2D eigenvalue weighted by Crippen LogP contribution is 2.46.